The summed E-state index contributed by atoms with van der Waals surface area (Å²) in [7, 11) is 1.60. The summed E-state index contributed by atoms with van der Waals surface area (Å²) in [6, 6.07) is 20.4. The summed E-state index contributed by atoms with van der Waals surface area (Å²) in [6.07, 6.45) is 0.304. The first-order valence-electron chi connectivity index (χ1n) is 11.0. The van der Waals surface area contributed by atoms with E-state index in [2.05, 4.69) is 0 Å². The number of piperazine rings is 1. The number of amides is 2. The van der Waals surface area contributed by atoms with Crippen LogP contribution in [0.5, 0.6) is 5.75 Å². The maximum Gasteiger partial charge on any atom is 0.253 e. The average Bonchev–Trinajstić information content (AvgIpc) is 3.15. The number of benzene rings is 3. The van der Waals surface area contributed by atoms with Crippen LogP contribution in [0.4, 0.5) is 0 Å². The second kappa shape index (κ2) is 8.54. The van der Waals surface area contributed by atoms with Crippen LogP contribution < -0.4 is 4.74 Å². The Morgan fingerprint density at radius 2 is 1.48 bits per heavy atom. The molecule has 0 unspecified atom stereocenters. The molecule has 0 spiro atoms. The fraction of sp³-hybridized carbons (Fsp3) is 0.222. The number of hydrogen-bond donors (Lipinski definition) is 0. The zero-order valence-electron chi connectivity index (χ0n) is 18.4. The van der Waals surface area contributed by atoms with E-state index in [1.54, 1.807) is 29.0 Å². The maximum absolute atomic E-state index is 13.1. The van der Waals surface area contributed by atoms with E-state index in [-0.39, 0.29) is 17.6 Å². The van der Waals surface area contributed by atoms with Crippen LogP contribution in [0, 0.1) is 0 Å². The summed E-state index contributed by atoms with van der Waals surface area (Å²) < 4.78 is 5.23. The van der Waals surface area contributed by atoms with Crippen LogP contribution in [-0.4, -0.2) is 60.7 Å². The molecule has 2 amide bonds. The van der Waals surface area contributed by atoms with Gasteiger partial charge in [-0.2, -0.15) is 0 Å². The van der Waals surface area contributed by atoms with Crippen molar-refractivity contribution in [1.29, 1.82) is 0 Å². The zero-order valence-corrected chi connectivity index (χ0v) is 18.4. The van der Waals surface area contributed by atoms with Gasteiger partial charge in [0.05, 0.1) is 13.5 Å². The van der Waals surface area contributed by atoms with E-state index >= 15 is 0 Å². The standard InChI is InChI=1S/C27H24N2O4/c1-33-20-6-4-5-18(15-20)16-25(30)28-11-13-29(14-12-28)27(32)19-9-10-22-21-7-2-3-8-23(21)26(31)24(22)17-19/h2-10,15,17H,11-14,16H2,1H3. The second-order valence-electron chi connectivity index (χ2n) is 8.34. The van der Waals surface area contributed by atoms with Gasteiger partial charge in [-0.1, -0.05) is 42.5 Å². The van der Waals surface area contributed by atoms with Crippen molar-refractivity contribution in [1.82, 2.24) is 9.80 Å². The lowest BCUT2D eigenvalue weighted by molar-refractivity contribution is -0.131. The Balaban J connectivity index is 1.23. The lowest BCUT2D eigenvalue weighted by Gasteiger charge is -2.35. The van der Waals surface area contributed by atoms with E-state index in [9.17, 15) is 14.4 Å². The molecule has 33 heavy (non-hydrogen) atoms. The lowest BCUT2D eigenvalue weighted by Crippen LogP contribution is -2.51. The molecule has 3 aromatic rings. The number of carbonyl (C=O) groups excluding carboxylic acids is 3. The molecule has 1 aliphatic heterocycles. The summed E-state index contributed by atoms with van der Waals surface area (Å²) in [5.74, 6) is 0.618. The topological polar surface area (TPSA) is 66.9 Å². The van der Waals surface area contributed by atoms with Crippen LogP contribution in [0.3, 0.4) is 0 Å². The molecule has 0 bridgehead atoms. The number of hydrogen-bond acceptors (Lipinski definition) is 4. The van der Waals surface area contributed by atoms with Gasteiger partial charge in [0.2, 0.25) is 5.91 Å². The first-order valence-corrected chi connectivity index (χ1v) is 11.0. The maximum atomic E-state index is 13.1. The van der Waals surface area contributed by atoms with Crippen LogP contribution in [0.15, 0.2) is 66.7 Å². The molecule has 0 atom stereocenters. The molecule has 5 rings (SSSR count). The first-order chi connectivity index (χ1) is 16.0. The number of ether oxygens (including phenoxy) is 1. The van der Waals surface area contributed by atoms with Crippen molar-refractivity contribution < 1.29 is 19.1 Å². The van der Waals surface area contributed by atoms with Crippen molar-refractivity contribution in [3.8, 4) is 16.9 Å². The van der Waals surface area contributed by atoms with Gasteiger partial charge in [-0.15, -0.1) is 0 Å². The molecule has 0 aromatic heterocycles. The van der Waals surface area contributed by atoms with Crippen LogP contribution >= 0.6 is 0 Å². The van der Waals surface area contributed by atoms with E-state index < -0.39 is 0 Å². The predicted octanol–water partition coefficient (Wildman–Crippen LogP) is 3.43. The molecule has 1 aliphatic carbocycles. The Labute approximate surface area is 192 Å². The smallest absolute Gasteiger partial charge is 0.253 e. The highest BCUT2D eigenvalue weighted by Gasteiger charge is 2.29. The Hall–Kier alpha value is -3.93. The van der Waals surface area contributed by atoms with Gasteiger partial charge in [0.25, 0.3) is 5.91 Å². The highest BCUT2D eigenvalue weighted by Crippen LogP contribution is 2.36. The van der Waals surface area contributed by atoms with Gasteiger partial charge in [-0.3, -0.25) is 14.4 Å². The number of fused-ring (bicyclic) bond motifs is 3. The molecular formula is C27H24N2O4. The third-order valence-corrected chi connectivity index (χ3v) is 6.38. The predicted molar refractivity (Wildman–Crippen MR) is 124 cm³/mol. The molecule has 1 saturated heterocycles. The van der Waals surface area contributed by atoms with Gasteiger partial charge in [0.15, 0.2) is 5.78 Å². The highest BCUT2D eigenvalue weighted by molar-refractivity contribution is 6.22. The average molecular weight is 440 g/mol. The minimum Gasteiger partial charge on any atom is -0.497 e. The second-order valence-corrected chi connectivity index (χ2v) is 8.34. The molecule has 6 nitrogen and oxygen atoms in total. The Kier molecular flexibility index (Phi) is 5.42. The number of methoxy groups -OCH3 is 1. The van der Waals surface area contributed by atoms with E-state index in [0.29, 0.717) is 49.3 Å². The quantitative estimate of drug-likeness (QED) is 0.488. The molecule has 3 aromatic carbocycles. The molecule has 0 saturated carbocycles. The molecule has 0 radical (unpaired) electrons. The molecule has 1 heterocycles. The summed E-state index contributed by atoms with van der Waals surface area (Å²) >= 11 is 0. The monoisotopic (exact) mass is 440 g/mol. The van der Waals surface area contributed by atoms with Crippen molar-refractivity contribution in [3.05, 3.63) is 89.0 Å². The molecule has 1 fully saturated rings. The number of nitrogens with zero attached hydrogens (tertiary/aromatic N) is 2. The van der Waals surface area contributed by atoms with Crippen molar-refractivity contribution in [2.75, 3.05) is 33.3 Å². The van der Waals surface area contributed by atoms with Crippen LogP contribution in [0.2, 0.25) is 0 Å². The van der Waals surface area contributed by atoms with E-state index in [1.807, 2.05) is 54.6 Å². The summed E-state index contributed by atoms with van der Waals surface area (Å²) in [5, 5.41) is 0. The van der Waals surface area contributed by atoms with Crippen molar-refractivity contribution in [2.45, 2.75) is 6.42 Å². The molecule has 0 N–H and O–H groups in total. The van der Waals surface area contributed by atoms with Gasteiger partial charge in [0.1, 0.15) is 5.75 Å². The fourth-order valence-corrected chi connectivity index (χ4v) is 4.57. The van der Waals surface area contributed by atoms with Crippen LogP contribution in [-0.2, 0) is 11.2 Å². The van der Waals surface area contributed by atoms with Crippen molar-refractivity contribution in [2.24, 2.45) is 0 Å². The molecule has 166 valence electrons. The molecule has 6 heteroatoms. The minimum atomic E-state index is -0.110. The lowest BCUT2D eigenvalue weighted by atomic mass is 10.0. The number of carbonyl (C=O) groups is 3. The molecule has 2 aliphatic rings. The normalized spacial score (nSPS) is 14.6. The van der Waals surface area contributed by atoms with Gasteiger partial charge in [-0.05, 0) is 41.0 Å². The van der Waals surface area contributed by atoms with Crippen molar-refractivity contribution in [3.63, 3.8) is 0 Å². The highest BCUT2D eigenvalue weighted by atomic mass is 16.5. The zero-order chi connectivity index (χ0) is 22.9. The van der Waals surface area contributed by atoms with E-state index in [4.69, 9.17) is 4.74 Å². The first kappa shape index (κ1) is 20.9. The Morgan fingerprint density at radius 1 is 0.788 bits per heavy atom. The Morgan fingerprint density at radius 3 is 2.24 bits per heavy atom. The van der Waals surface area contributed by atoms with E-state index in [1.165, 1.54) is 0 Å². The van der Waals surface area contributed by atoms with Crippen molar-refractivity contribution >= 4 is 17.6 Å². The van der Waals surface area contributed by atoms with Gasteiger partial charge in [-0.25, -0.2) is 0 Å². The third-order valence-electron chi connectivity index (χ3n) is 6.38. The third kappa shape index (κ3) is 3.89. The SMILES string of the molecule is COc1cccc(CC(=O)N2CCN(C(=O)c3ccc4c(c3)C(=O)c3ccccc3-4)CC2)c1. The number of rotatable bonds is 4. The van der Waals surface area contributed by atoms with Gasteiger partial charge in [0, 0.05) is 42.9 Å². The minimum absolute atomic E-state index is 0.0382. The van der Waals surface area contributed by atoms with E-state index in [0.717, 1.165) is 22.4 Å². The summed E-state index contributed by atoms with van der Waals surface area (Å²) in [5.41, 5.74) is 4.46. The summed E-state index contributed by atoms with van der Waals surface area (Å²) in [4.78, 5) is 42.2. The van der Waals surface area contributed by atoms with Gasteiger partial charge >= 0.3 is 0 Å². The Bertz CT molecular complexity index is 1260. The number of ketones is 1. The summed E-state index contributed by atoms with van der Waals surface area (Å²) in [6.45, 7) is 1.91. The van der Waals surface area contributed by atoms with Gasteiger partial charge < -0.3 is 14.5 Å². The van der Waals surface area contributed by atoms with Crippen LogP contribution in [0.1, 0.15) is 31.8 Å². The largest absolute Gasteiger partial charge is 0.497 e. The molecular weight excluding hydrogens is 416 g/mol. The van der Waals surface area contributed by atoms with Crippen LogP contribution in [0.25, 0.3) is 11.1 Å². The fourth-order valence-electron chi connectivity index (χ4n) is 4.57.